The average molecular weight is 372 g/mol. The van der Waals surface area contributed by atoms with Crippen molar-refractivity contribution in [1.82, 2.24) is 0 Å². The molecule has 7 heteroatoms. The summed E-state index contributed by atoms with van der Waals surface area (Å²) in [5.41, 5.74) is -0.716. The van der Waals surface area contributed by atoms with Crippen LogP contribution in [0.1, 0.15) is 20.3 Å². The Morgan fingerprint density at radius 2 is 1.44 bits per heavy atom. The minimum Gasteiger partial charge on any atom is -0.493 e. The van der Waals surface area contributed by atoms with E-state index in [1.807, 2.05) is 19.9 Å². The van der Waals surface area contributed by atoms with Crippen LogP contribution in [0.15, 0.2) is 36.4 Å². The molecule has 2 aliphatic rings. The van der Waals surface area contributed by atoms with E-state index in [1.54, 1.807) is 30.3 Å². The van der Waals surface area contributed by atoms with Crippen molar-refractivity contribution in [3.05, 3.63) is 36.4 Å². The molecule has 2 aliphatic heterocycles. The standard InChI is InChI=1S/C20H20O7/c1-20(2,7-8-22-13-3-5-15-17(9-13)25-11-23-15)19(21)27-14-4-6-16-18(10-14)26-12-24-16/h3-6,9-10H,7-8,11-12H2,1-2H3. The number of hydrogen-bond acceptors (Lipinski definition) is 7. The van der Waals surface area contributed by atoms with Gasteiger partial charge < -0.3 is 28.4 Å². The highest BCUT2D eigenvalue weighted by molar-refractivity contribution is 5.78. The molecule has 0 spiro atoms. The lowest BCUT2D eigenvalue weighted by molar-refractivity contribution is -0.144. The number of fused-ring (bicyclic) bond motifs is 2. The molecule has 0 N–H and O–H groups in total. The van der Waals surface area contributed by atoms with Crippen molar-refractivity contribution in [2.24, 2.45) is 5.41 Å². The van der Waals surface area contributed by atoms with Crippen LogP contribution in [0.3, 0.4) is 0 Å². The van der Waals surface area contributed by atoms with Crippen molar-refractivity contribution in [1.29, 1.82) is 0 Å². The van der Waals surface area contributed by atoms with Gasteiger partial charge in [0.15, 0.2) is 23.0 Å². The van der Waals surface area contributed by atoms with Crippen molar-refractivity contribution in [3.63, 3.8) is 0 Å². The first-order chi connectivity index (χ1) is 13.0. The van der Waals surface area contributed by atoms with Gasteiger partial charge in [0.25, 0.3) is 0 Å². The van der Waals surface area contributed by atoms with E-state index >= 15 is 0 Å². The summed E-state index contributed by atoms with van der Waals surface area (Å²) in [7, 11) is 0. The third-order valence-corrected chi connectivity index (χ3v) is 4.45. The molecule has 0 saturated carbocycles. The van der Waals surface area contributed by atoms with Crippen LogP contribution < -0.4 is 28.4 Å². The third kappa shape index (κ3) is 3.72. The molecule has 0 fully saturated rings. The quantitative estimate of drug-likeness (QED) is 0.567. The van der Waals surface area contributed by atoms with Gasteiger partial charge in [-0.15, -0.1) is 0 Å². The first-order valence-corrected chi connectivity index (χ1v) is 8.66. The minimum absolute atomic E-state index is 0.176. The van der Waals surface area contributed by atoms with Crippen LogP contribution in [0, 0.1) is 5.41 Å². The van der Waals surface area contributed by atoms with Crippen LogP contribution >= 0.6 is 0 Å². The van der Waals surface area contributed by atoms with Crippen molar-refractivity contribution in [2.45, 2.75) is 20.3 Å². The lowest BCUT2D eigenvalue weighted by atomic mass is 9.90. The molecule has 0 unspecified atom stereocenters. The van der Waals surface area contributed by atoms with E-state index < -0.39 is 5.41 Å². The second kappa shape index (κ2) is 6.90. The summed E-state index contributed by atoms with van der Waals surface area (Å²) in [6.45, 7) is 4.41. The molecule has 2 aromatic rings. The van der Waals surface area contributed by atoms with E-state index in [0.717, 1.165) is 0 Å². The van der Waals surface area contributed by atoms with Gasteiger partial charge in [-0.25, -0.2) is 0 Å². The maximum Gasteiger partial charge on any atom is 0.317 e. The first-order valence-electron chi connectivity index (χ1n) is 8.66. The summed E-state index contributed by atoms with van der Waals surface area (Å²) in [5.74, 6) is 3.34. The van der Waals surface area contributed by atoms with Crippen LogP contribution in [0.5, 0.6) is 34.5 Å². The van der Waals surface area contributed by atoms with Gasteiger partial charge in [0.05, 0.1) is 12.0 Å². The molecule has 27 heavy (non-hydrogen) atoms. The molecule has 0 aliphatic carbocycles. The highest BCUT2D eigenvalue weighted by Crippen LogP contribution is 2.37. The number of hydrogen-bond donors (Lipinski definition) is 0. The third-order valence-electron chi connectivity index (χ3n) is 4.45. The van der Waals surface area contributed by atoms with Crippen LogP contribution in [0.2, 0.25) is 0 Å². The monoisotopic (exact) mass is 372 g/mol. The van der Waals surface area contributed by atoms with E-state index in [9.17, 15) is 4.79 Å². The van der Waals surface area contributed by atoms with Crippen LogP contribution in [0.4, 0.5) is 0 Å². The summed E-state index contributed by atoms with van der Waals surface area (Å²) >= 11 is 0. The minimum atomic E-state index is -0.716. The summed E-state index contributed by atoms with van der Waals surface area (Å²) in [6.07, 6.45) is 0.491. The Bertz CT molecular complexity index is 859. The molecule has 0 atom stereocenters. The van der Waals surface area contributed by atoms with Crippen molar-refractivity contribution in [3.8, 4) is 34.5 Å². The molecule has 4 rings (SSSR count). The van der Waals surface area contributed by atoms with Crippen LogP contribution in [-0.4, -0.2) is 26.2 Å². The Kier molecular flexibility index (Phi) is 4.43. The lowest BCUT2D eigenvalue weighted by Crippen LogP contribution is -2.30. The van der Waals surface area contributed by atoms with Gasteiger partial charge in [-0.05, 0) is 44.5 Å². The number of rotatable bonds is 6. The molecule has 0 bridgehead atoms. The second-order valence-electron chi connectivity index (χ2n) is 6.90. The zero-order valence-electron chi connectivity index (χ0n) is 15.2. The molecule has 0 saturated heterocycles. The fourth-order valence-electron chi connectivity index (χ4n) is 2.68. The van der Waals surface area contributed by atoms with Gasteiger partial charge in [0.2, 0.25) is 13.6 Å². The van der Waals surface area contributed by atoms with Gasteiger partial charge in [-0.3, -0.25) is 4.79 Å². The lowest BCUT2D eigenvalue weighted by Gasteiger charge is -2.22. The summed E-state index contributed by atoms with van der Waals surface area (Å²) in [6, 6.07) is 10.5. The molecule has 7 nitrogen and oxygen atoms in total. The zero-order chi connectivity index (χ0) is 18.9. The number of carbonyl (C=O) groups is 1. The number of carbonyl (C=O) groups excluding carboxylic acids is 1. The summed E-state index contributed by atoms with van der Waals surface area (Å²) < 4.78 is 32.4. The Labute approximate surface area is 156 Å². The predicted octanol–water partition coefficient (Wildman–Crippen LogP) is 3.54. The largest absolute Gasteiger partial charge is 0.493 e. The number of benzene rings is 2. The molecule has 2 aromatic carbocycles. The smallest absolute Gasteiger partial charge is 0.317 e. The fourth-order valence-corrected chi connectivity index (χ4v) is 2.68. The molecule has 142 valence electrons. The van der Waals surface area contributed by atoms with E-state index in [4.69, 9.17) is 28.4 Å². The van der Waals surface area contributed by atoms with Gasteiger partial charge >= 0.3 is 5.97 Å². The van der Waals surface area contributed by atoms with Crippen molar-refractivity contribution in [2.75, 3.05) is 20.2 Å². The molecule has 0 radical (unpaired) electrons. The zero-order valence-corrected chi connectivity index (χ0v) is 15.2. The Balaban J connectivity index is 1.31. The Hall–Kier alpha value is -3.09. The van der Waals surface area contributed by atoms with Gasteiger partial charge in [0, 0.05) is 12.1 Å². The fraction of sp³-hybridized carbons (Fsp3) is 0.350. The summed E-state index contributed by atoms with van der Waals surface area (Å²) in [4.78, 5) is 12.5. The number of ether oxygens (including phenoxy) is 6. The Morgan fingerprint density at radius 1 is 0.889 bits per heavy atom. The number of esters is 1. The predicted molar refractivity (Wildman–Crippen MR) is 94.7 cm³/mol. The van der Waals surface area contributed by atoms with Gasteiger partial charge in [-0.2, -0.15) is 0 Å². The van der Waals surface area contributed by atoms with Gasteiger partial charge in [-0.1, -0.05) is 0 Å². The van der Waals surface area contributed by atoms with Gasteiger partial charge in [0.1, 0.15) is 11.5 Å². The van der Waals surface area contributed by atoms with E-state index in [2.05, 4.69) is 0 Å². The Morgan fingerprint density at radius 3 is 2.11 bits per heavy atom. The molecule has 0 amide bonds. The topological polar surface area (TPSA) is 72.5 Å². The highest BCUT2D eigenvalue weighted by atomic mass is 16.7. The van der Waals surface area contributed by atoms with Crippen LogP contribution in [-0.2, 0) is 4.79 Å². The highest BCUT2D eigenvalue weighted by Gasteiger charge is 2.30. The van der Waals surface area contributed by atoms with E-state index in [1.165, 1.54) is 0 Å². The molecule has 2 heterocycles. The van der Waals surface area contributed by atoms with Crippen LogP contribution in [0.25, 0.3) is 0 Å². The van der Waals surface area contributed by atoms with E-state index in [-0.39, 0.29) is 19.6 Å². The summed E-state index contributed by atoms with van der Waals surface area (Å²) in [5, 5.41) is 0. The first kappa shape index (κ1) is 17.3. The molecule has 0 aromatic heterocycles. The molecular weight excluding hydrogens is 352 g/mol. The second-order valence-corrected chi connectivity index (χ2v) is 6.90. The molecular formula is C20H20O7. The average Bonchev–Trinajstić information content (AvgIpc) is 3.29. The van der Waals surface area contributed by atoms with E-state index in [0.29, 0.717) is 47.5 Å². The normalized spacial score (nSPS) is 14.1. The SMILES string of the molecule is CC(C)(CCOc1ccc2c(c1)OCO2)C(=O)Oc1ccc2c(c1)OCO2. The van der Waals surface area contributed by atoms with Crippen molar-refractivity contribution >= 4 is 5.97 Å². The maximum absolute atomic E-state index is 12.5. The maximum atomic E-state index is 12.5. The van der Waals surface area contributed by atoms with Crippen molar-refractivity contribution < 1.29 is 33.2 Å².